The summed E-state index contributed by atoms with van der Waals surface area (Å²) < 4.78 is 0. The molecular weight excluding hydrogens is 168 g/mol. The number of aliphatic carboxylic acids is 1. The van der Waals surface area contributed by atoms with Crippen LogP contribution in [0.1, 0.15) is 13.3 Å². The fourth-order valence-corrected chi connectivity index (χ4v) is 0.387. The molecule has 3 N–H and O–H groups in total. The van der Waals surface area contributed by atoms with Gasteiger partial charge in [-0.05, 0) is 41.0 Å². The Morgan fingerprint density at radius 2 is 1.85 bits per heavy atom. The van der Waals surface area contributed by atoms with E-state index in [0.717, 1.165) is 0 Å². The first-order chi connectivity index (χ1) is 5.91. The summed E-state index contributed by atoms with van der Waals surface area (Å²) in [6.45, 7) is 2.06. The van der Waals surface area contributed by atoms with E-state index < -0.39 is 5.97 Å². The molecule has 0 aliphatic rings. The van der Waals surface area contributed by atoms with Gasteiger partial charge >= 0.3 is 5.97 Å². The Balaban J connectivity index is 0. The highest BCUT2D eigenvalue weighted by atomic mass is 16.4. The molecule has 0 rings (SSSR count). The smallest absolute Gasteiger partial charge is 0.330 e. The largest absolute Gasteiger partial charge is 0.478 e. The SMILES string of the molecule is CC(=CCCN)C(=O)O.CN(C)C. The summed E-state index contributed by atoms with van der Waals surface area (Å²) in [6, 6.07) is 0. The van der Waals surface area contributed by atoms with Gasteiger partial charge in [-0.2, -0.15) is 0 Å². The van der Waals surface area contributed by atoms with Crippen LogP contribution in [0.15, 0.2) is 11.6 Å². The van der Waals surface area contributed by atoms with Crippen LogP contribution in [0.2, 0.25) is 0 Å². The average molecular weight is 188 g/mol. The van der Waals surface area contributed by atoms with E-state index in [1.165, 1.54) is 0 Å². The number of nitrogens with two attached hydrogens (primary N) is 1. The minimum absolute atomic E-state index is 0.362. The number of carbonyl (C=O) groups is 1. The lowest BCUT2D eigenvalue weighted by molar-refractivity contribution is -0.132. The van der Waals surface area contributed by atoms with Crippen LogP contribution in [0, 0.1) is 0 Å². The molecular formula is C9H20N2O2. The molecule has 0 radical (unpaired) electrons. The molecule has 0 unspecified atom stereocenters. The van der Waals surface area contributed by atoms with Crippen molar-refractivity contribution in [2.75, 3.05) is 27.7 Å². The normalized spacial score (nSPS) is 10.8. The summed E-state index contributed by atoms with van der Waals surface area (Å²) in [6.07, 6.45) is 2.25. The van der Waals surface area contributed by atoms with Crippen LogP contribution < -0.4 is 5.73 Å². The van der Waals surface area contributed by atoms with Gasteiger partial charge in [0, 0.05) is 5.57 Å². The van der Waals surface area contributed by atoms with Crippen molar-refractivity contribution in [2.45, 2.75) is 13.3 Å². The number of carboxylic acids is 1. The van der Waals surface area contributed by atoms with Crippen molar-refractivity contribution in [3.8, 4) is 0 Å². The van der Waals surface area contributed by atoms with Gasteiger partial charge in [0.05, 0.1) is 0 Å². The van der Waals surface area contributed by atoms with Crippen molar-refractivity contribution in [3.05, 3.63) is 11.6 Å². The first-order valence-electron chi connectivity index (χ1n) is 4.12. The zero-order valence-electron chi connectivity index (χ0n) is 8.87. The third kappa shape index (κ3) is 18.2. The molecule has 0 heterocycles. The molecule has 0 saturated carbocycles. The van der Waals surface area contributed by atoms with Crippen molar-refractivity contribution >= 4 is 5.97 Å². The third-order valence-electron chi connectivity index (χ3n) is 0.955. The average Bonchev–Trinajstić information content (AvgIpc) is 1.98. The molecule has 0 spiro atoms. The second-order valence-electron chi connectivity index (χ2n) is 3.11. The van der Waals surface area contributed by atoms with Gasteiger partial charge in [0.2, 0.25) is 0 Å². The maximum absolute atomic E-state index is 10.1. The second kappa shape index (κ2) is 9.22. The van der Waals surface area contributed by atoms with Crippen LogP contribution in [0.4, 0.5) is 0 Å². The molecule has 0 atom stereocenters. The zero-order valence-corrected chi connectivity index (χ0v) is 8.87. The topological polar surface area (TPSA) is 66.6 Å². The maximum atomic E-state index is 10.1. The summed E-state index contributed by atoms with van der Waals surface area (Å²) in [5.74, 6) is -0.872. The van der Waals surface area contributed by atoms with Crippen LogP contribution in [-0.2, 0) is 4.79 Å². The van der Waals surface area contributed by atoms with E-state index in [-0.39, 0.29) is 0 Å². The minimum Gasteiger partial charge on any atom is -0.478 e. The second-order valence-corrected chi connectivity index (χ2v) is 3.11. The number of nitrogens with zero attached hydrogens (tertiary/aromatic N) is 1. The molecule has 4 heteroatoms. The Hall–Kier alpha value is -0.870. The molecule has 0 saturated heterocycles. The highest BCUT2D eigenvalue weighted by Gasteiger charge is 1.95. The maximum Gasteiger partial charge on any atom is 0.330 e. The van der Waals surface area contributed by atoms with E-state index in [0.29, 0.717) is 18.5 Å². The van der Waals surface area contributed by atoms with Gasteiger partial charge in [-0.15, -0.1) is 0 Å². The molecule has 78 valence electrons. The van der Waals surface area contributed by atoms with Crippen molar-refractivity contribution in [1.29, 1.82) is 0 Å². The number of hydrogen-bond donors (Lipinski definition) is 2. The summed E-state index contributed by atoms with van der Waals surface area (Å²) in [7, 11) is 6.00. The Morgan fingerprint density at radius 1 is 1.46 bits per heavy atom. The predicted molar refractivity (Wildman–Crippen MR) is 54.7 cm³/mol. The quantitative estimate of drug-likeness (QED) is 0.634. The van der Waals surface area contributed by atoms with Crippen LogP contribution >= 0.6 is 0 Å². The zero-order chi connectivity index (χ0) is 10.9. The lowest BCUT2D eigenvalue weighted by atomic mass is 10.2. The van der Waals surface area contributed by atoms with Gasteiger partial charge in [0.15, 0.2) is 0 Å². The molecule has 4 nitrogen and oxygen atoms in total. The Morgan fingerprint density at radius 3 is 2.08 bits per heavy atom. The van der Waals surface area contributed by atoms with Gasteiger partial charge in [-0.3, -0.25) is 0 Å². The van der Waals surface area contributed by atoms with E-state index in [2.05, 4.69) is 0 Å². The van der Waals surface area contributed by atoms with E-state index in [1.54, 1.807) is 13.0 Å². The van der Waals surface area contributed by atoms with Crippen molar-refractivity contribution in [1.82, 2.24) is 4.90 Å². The predicted octanol–water partition coefficient (Wildman–Crippen LogP) is 0.544. The van der Waals surface area contributed by atoms with E-state index in [9.17, 15) is 4.79 Å². The van der Waals surface area contributed by atoms with Crippen LogP contribution in [0.25, 0.3) is 0 Å². The Kier molecular flexibility index (Phi) is 10.4. The van der Waals surface area contributed by atoms with E-state index in [4.69, 9.17) is 10.8 Å². The minimum atomic E-state index is -0.872. The van der Waals surface area contributed by atoms with Gasteiger partial charge < -0.3 is 15.7 Å². The monoisotopic (exact) mass is 188 g/mol. The molecule has 0 aromatic rings. The van der Waals surface area contributed by atoms with Crippen molar-refractivity contribution in [2.24, 2.45) is 5.73 Å². The highest BCUT2D eigenvalue weighted by Crippen LogP contribution is 1.92. The van der Waals surface area contributed by atoms with Crippen molar-refractivity contribution < 1.29 is 9.90 Å². The molecule has 0 aliphatic heterocycles. The number of rotatable bonds is 3. The summed E-state index contributed by atoms with van der Waals surface area (Å²) in [4.78, 5) is 12.1. The number of carboxylic acid groups (broad SMARTS) is 1. The fourth-order valence-electron chi connectivity index (χ4n) is 0.387. The lowest BCUT2D eigenvalue weighted by Gasteiger charge is -1.90. The molecule has 0 aliphatic carbocycles. The van der Waals surface area contributed by atoms with E-state index in [1.807, 2.05) is 26.0 Å². The van der Waals surface area contributed by atoms with Gasteiger partial charge in [-0.1, -0.05) is 6.08 Å². The summed E-state index contributed by atoms with van der Waals surface area (Å²) in [5.41, 5.74) is 5.50. The molecule has 0 aromatic heterocycles. The Bertz CT molecular complexity index is 162. The van der Waals surface area contributed by atoms with Gasteiger partial charge in [0.1, 0.15) is 0 Å². The highest BCUT2D eigenvalue weighted by molar-refractivity contribution is 5.85. The standard InChI is InChI=1S/C6H11NO2.C3H9N/c1-5(6(8)9)3-2-4-7;1-4(2)3/h3H,2,4,7H2,1H3,(H,8,9);1-3H3. The van der Waals surface area contributed by atoms with Gasteiger partial charge in [-0.25, -0.2) is 4.79 Å². The van der Waals surface area contributed by atoms with Crippen molar-refractivity contribution in [3.63, 3.8) is 0 Å². The first kappa shape index (κ1) is 14.6. The molecule has 0 bridgehead atoms. The number of hydrogen-bond acceptors (Lipinski definition) is 3. The summed E-state index contributed by atoms with van der Waals surface area (Å²) >= 11 is 0. The fraction of sp³-hybridized carbons (Fsp3) is 0.667. The van der Waals surface area contributed by atoms with E-state index >= 15 is 0 Å². The molecule has 0 amide bonds. The van der Waals surface area contributed by atoms with Crippen LogP contribution in [0.3, 0.4) is 0 Å². The van der Waals surface area contributed by atoms with Crippen LogP contribution in [-0.4, -0.2) is 43.7 Å². The molecule has 13 heavy (non-hydrogen) atoms. The molecule has 0 aromatic carbocycles. The third-order valence-corrected chi connectivity index (χ3v) is 0.955. The lowest BCUT2D eigenvalue weighted by Crippen LogP contribution is -1.99. The summed E-state index contributed by atoms with van der Waals surface area (Å²) in [5, 5.41) is 8.30. The Labute approximate surface area is 80.0 Å². The first-order valence-corrected chi connectivity index (χ1v) is 4.12. The molecule has 0 fully saturated rings. The van der Waals surface area contributed by atoms with Gasteiger partial charge in [0.25, 0.3) is 0 Å². The van der Waals surface area contributed by atoms with Crippen LogP contribution in [0.5, 0.6) is 0 Å².